The fourth-order valence-electron chi connectivity index (χ4n) is 2.13. The lowest BCUT2D eigenvalue weighted by atomic mass is 9.96. The van der Waals surface area contributed by atoms with Crippen LogP contribution in [0.1, 0.15) is 30.9 Å². The smallest absolute Gasteiger partial charge is 0.162 e. The number of hydrogen-bond donors (Lipinski definition) is 2. The van der Waals surface area contributed by atoms with E-state index >= 15 is 0 Å². The zero-order chi connectivity index (χ0) is 11.5. The van der Waals surface area contributed by atoms with Gasteiger partial charge in [-0.3, -0.25) is 0 Å². The number of ether oxygens (including phenoxy) is 1. The first kappa shape index (κ1) is 11.7. The minimum atomic E-state index is 0.236. The Morgan fingerprint density at radius 3 is 2.88 bits per heavy atom. The fraction of sp³-hybridized carbons (Fsp3) is 0.500. The van der Waals surface area contributed by atoms with Crippen molar-refractivity contribution in [3.8, 4) is 11.5 Å². The summed E-state index contributed by atoms with van der Waals surface area (Å²) in [5, 5.41) is 13.5. The van der Waals surface area contributed by atoms with Gasteiger partial charge in [-0.25, -0.2) is 0 Å². The van der Waals surface area contributed by atoms with Crippen LogP contribution >= 0.6 is 15.9 Å². The van der Waals surface area contributed by atoms with Crippen LogP contribution in [0.25, 0.3) is 0 Å². The van der Waals surface area contributed by atoms with E-state index in [1.807, 2.05) is 6.07 Å². The average molecular weight is 286 g/mol. The van der Waals surface area contributed by atoms with Crippen LogP contribution < -0.4 is 10.1 Å². The van der Waals surface area contributed by atoms with E-state index in [0.717, 1.165) is 23.0 Å². The van der Waals surface area contributed by atoms with Crippen LogP contribution in [-0.2, 0) is 0 Å². The topological polar surface area (TPSA) is 41.5 Å². The highest BCUT2D eigenvalue weighted by Crippen LogP contribution is 2.39. The Labute approximate surface area is 104 Å². The van der Waals surface area contributed by atoms with E-state index in [4.69, 9.17) is 4.74 Å². The highest BCUT2D eigenvalue weighted by atomic mass is 79.9. The van der Waals surface area contributed by atoms with Crippen molar-refractivity contribution in [1.82, 2.24) is 5.32 Å². The van der Waals surface area contributed by atoms with E-state index in [2.05, 4.69) is 21.2 Å². The molecule has 1 aliphatic heterocycles. The summed E-state index contributed by atoms with van der Waals surface area (Å²) in [6.07, 6.45) is 3.47. The quantitative estimate of drug-likeness (QED) is 0.878. The maximum absolute atomic E-state index is 10.1. The molecular formula is C12H16BrNO2. The molecule has 1 aliphatic rings. The summed E-state index contributed by atoms with van der Waals surface area (Å²) in [5.41, 5.74) is 0.922. The summed E-state index contributed by atoms with van der Waals surface area (Å²) in [5.74, 6) is 0.779. The summed E-state index contributed by atoms with van der Waals surface area (Å²) < 4.78 is 6.08. The maximum Gasteiger partial charge on any atom is 0.162 e. The first-order valence-corrected chi connectivity index (χ1v) is 6.31. The predicted molar refractivity (Wildman–Crippen MR) is 67.0 cm³/mol. The van der Waals surface area contributed by atoms with Gasteiger partial charge < -0.3 is 15.2 Å². The van der Waals surface area contributed by atoms with Gasteiger partial charge >= 0.3 is 0 Å². The number of phenolic OH excluding ortho intramolecular Hbond substituents is 1. The largest absolute Gasteiger partial charge is 0.504 e. The van der Waals surface area contributed by atoms with Crippen LogP contribution in [0.15, 0.2) is 16.6 Å². The third-order valence-electron chi connectivity index (χ3n) is 2.97. The molecule has 0 amide bonds. The molecule has 0 spiro atoms. The molecule has 1 fully saturated rings. The lowest BCUT2D eigenvalue weighted by molar-refractivity contribution is 0.354. The zero-order valence-corrected chi connectivity index (χ0v) is 10.9. The van der Waals surface area contributed by atoms with Gasteiger partial charge in [0.15, 0.2) is 11.5 Å². The molecule has 0 aliphatic carbocycles. The number of hydrogen-bond acceptors (Lipinski definition) is 3. The molecule has 1 unspecified atom stereocenters. The van der Waals surface area contributed by atoms with Gasteiger partial charge in [-0.05, 0) is 31.5 Å². The highest BCUT2D eigenvalue weighted by molar-refractivity contribution is 9.10. The first-order valence-electron chi connectivity index (χ1n) is 5.52. The minimum absolute atomic E-state index is 0.236. The Kier molecular flexibility index (Phi) is 3.71. The van der Waals surface area contributed by atoms with E-state index in [9.17, 15) is 5.11 Å². The van der Waals surface area contributed by atoms with E-state index in [0.29, 0.717) is 5.75 Å². The van der Waals surface area contributed by atoms with Crippen LogP contribution in [0.2, 0.25) is 0 Å². The third-order valence-corrected chi connectivity index (χ3v) is 3.43. The predicted octanol–water partition coefficient (Wildman–Crippen LogP) is 2.98. The van der Waals surface area contributed by atoms with E-state index in [1.165, 1.54) is 12.8 Å². The van der Waals surface area contributed by atoms with Crippen molar-refractivity contribution >= 4 is 15.9 Å². The number of piperidine rings is 1. The van der Waals surface area contributed by atoms with Crippen LogP contribution in [0.4, 0.5) is 0 Å². The second-order valence-electron chi connectivity index (χ2n) is 4.05. The number of nitrogens with one attached hydrogen (secondary N) is 1. The number of rotatable bonds is 2. The maximum atomic E-state index is 10.1. The van der Waals surface area contributed by atoms with E-state index < -0.39 is 0 Å². The summed E-state index contributed by atoms with van der Waals surface area (Å²) in [7, 11) is 1.57. The molecule has 2 N–H and O–H groups in total. The van der Waals surface area contributed by atoms with Crippen molar-refractivity contribution in [3.63, 3.8) is 0 Å². The molecule has 2 rings (SSSR count). The molecule has 0 aromatic heterocycles. The van der Waals surface area contributed by atoms with Crippen LogP contribution in [0.3, 0.4) is 0 Å². The molecule has 4 heteroatoms. The van der Waals surface area contributed by atoms with Crippen molar-refractivity contribution in [2.45, 2.75) is 25.3 Å². The minimum Gasteiger partial charge on any atom is -0.504 e. The number of methoxy groups -OCH3 is 1. The lowest BCUT2D eigenvalue weighted by Crippen LogP contribution is -2.26. The Morgan fingerprint density at radius 2 is 2.25 bits per heavy atom. The van der Waals surface area contributed by atoms with Gasteiger partial charge in [-0.2, -0.15) is 0 Å². The monoisotopic (exact) mass is 285 g/mol. The number of aromatic hydroxyl groups is 1. The normalized spacial score (nSPS) is 20.8. The van der Waals surface area contributed by atoms with Crippen molar-refractivity contribution in [2.75, 3.05) is 13.7 Å². The summed E-state index contributed by atoms with van der Waals surface area (Å²) >= 11 is 3.44. The average Bonchev–Trinajstić information content (AvgIpc) is 2.33. The molecule has 88 valence electrons. The Balaban J connectivity index is 2.34. The van der Waals surface area contributed by atoms with Crippen molar-refractivity contribution in [3.05, 3.63) is 22.2 Å². The second kappa shape index (κ2) is 5.06. The second-order valence-corrected chi connectivity index (χ2v) is 4.96. The standard InChI is InChI=1S/C12H16BrNO2/c1-16-11-7-8(13)6-9(12(11)15)10-4-2-3-5-14-10/h6-7,10,14-15H,2-5H2,1H3. The van der Waals surface area contributed by atoms with Crippen LogP contribution in [-0.4, -0.2) is 18.8 Å². The molecule has 0 bridgehead atoms. The van der Waals surface area contributed by atoms with Crippen molar-refractivity contribution in [2.24, 2.45) is 0 Å². The summed E-state index contributed by atoms with van der Waals surface area (Å²) in [6.45, 7) is 1.01. The van der Waals surface area contributed by atoms with Gasteiger partial charge in [0.25, 0.3) is 0 Å². The number of benzene rings is 1. The van der Waals surface area contributed by atoms with Gasteiger partial charge in [-0.1, -0.05) is 22.4 Å². The molecule has 1 saturated heterocycles. The third kappa shape index (κ3) is 2.33. The Bertz CT molecular complexity index is 376. The van der Waals surface area contributed by atoms with Crippen LogP contribution in [0.5, 0.6) is 11.5 Å². The number of phenols is 1. The van der Waals surface area contributed by atoms with E-state index in [-0.39, 0.29) is 11.8 Å². The molecule has 1 aromatic carbocycles. The van der Waals surface area contributed by atoms with Crippen molar-refractivity contribution in [1.29, 1.82) is 0 Å². The van der Waals surface area contributed by atoms with Crippen molar-refractivity contribution < 1.29 is 9.84 Å². The molecule has 1 aromatic rings. The Hall–Kier alpha value is -0.740. The van der Waals surface area contributed by atoms with Gasteiger partial charge in [0.2, 0.25) is 0 Å². The fourth-order valence-corrected chi connectivity index (χ4v) is 2.59. The zero-order valence-electron chi connectivity index (χ0n) is 9.29. The molecule has 3 nitrogen and oxygen atoms in total. The van der Waals surface area contributed by atoms with E-state index in [1.54, 1.807) is 13.2 Å². The first-order chi connectivity index (χ1) is 7.72. The van der Waals surface area contributed by atoms with Gasteiger partial charge in [0, 0.05) is 16.1 Å². The molecule has 16 heavy (non-hydrogen) atoms. The van der Waals surface area contributed by atoms with Crippen LogP contribution in [0, 0.1) is 0 Å². The molecule has 0 saturated carbocycles. The Morgan fingerprint density at radius 1 is 1.44 bits per heavy atom. The highest BCUT2D eigenvalue weighted by Gasteiger charge is 2.20. The summed E-state index contributed by atoms with van der Waals surface area (Å²) in [6, 6.07) is 3.97. The molecule has 1 atom stereocenters. The molecule has 1 heterocycles. The molecule has 0 radical (unpaired) electrons. The van der Waals surface area contributed by atoms with Gasteiger partial charge in [0.1, 0.15) is 0 Å². The van der Waals surface area contributed by atoms with Gasteiger partial charge in [-0.15, -0.1) is 0 Å². The lowest BCUT2D eigenvalue weighted by Gasteiger charge is -2.25. The molecular weight excluding hydrogens is 270 g/mol. The van der Waals surface area contributed by atoms with Gasteiger partial charge in [0.05, 0.1) is 7.11 Å². The summed E-state index contributed by atoms with van der Waals surface area (Å²) in [4.78, 5) is 0. The SMILES string of the molecule is COc1cc(Br)cc(C2CCCCN2)c1O. The number of halogens is 1.